The Hall–Kier alpha value is -1.19. The minimum absolute atomic E-state index is 0.430. The van der Waals surface area contributed by atoms with E-state index < -0.39 is 23.6 Å². The highest BCUT2D eigenvalue weighted by molar-refractivity contribution is 5.28. The summed E-state index contributed by atoms with van der Waals surface area (Å²) in [5.41, 5.74) is -0.430. The van der Waals surface area contributed by atoms with E-state index in [9.17, 15) is 13.2 Å². The molecule has 0 unspecified atom stereocenters. The van der Waals surface area contributed by atoms with Gasteiger partial charge in [0, 0.05) is 5.56 Å². The van der Waals surface area contributed by atoms with Crippen LogP contribution in [0.2, 0.25) is 0 Å². The van der Waals surface area contributed by atoms with Crippen LogP contribution in [0.1, 0.15) is 12.0 Å². The summed E-state index contributed by atoms with van der Waals surface area (Å²) in [5.74, 6) is -1.64. The zero-order chi connectivity index (χ0) is 8.43. The first-order chi connectivity index (χ1) is 5.11. The number of phenols is 1. The Balaban J connectivity index is 3.05. The Morgan fingerprint density at radius 2 is 1.91 bits per heavy atom. The summed E-state index contributed by atoms with van der Waals surface area (Å²) in [4.78, 5) is 0. The van der Waals surface area contributed by atoms with Crippen molar-refractivity contribution in [1.82, 2.24) is 0 Å². The maximum absolute atomic E-state index is 12.4. The van der Waals surface area contributed by atoms with Crippen LogP contribution in [-0.4, -0.2) is 5.11 Å². The average Bonchev–Trinajstić information content (AvgIpc) is 1.94. The van der Waals surface area contributed by atoms with Gasteiger partial charge in [-0.1, -0.05) is 0 Å². The number of alkyl halides is 2. The molecule has 0 aliphatic rings. The third-order valence-electron chi connectivity index (χ3n) is 1.22. The van der Waals surface area contributed by atoms with Gasteiger partial charge >= 0.3 is 0 Å². The Labute approximate surface area is 61.1 Å². The van der Waals surface area contributed by atoms with Crippen LogP contribution in [0.3, 0.4) is 0 Å². The van der Waals surface area contributed by atoms with Crippen molar-refractivity contribution in [3.05, 3.63) is 29.6 Å². The van der Waals surface area contributed by atoms with E-state index in [-0.39, 0.29) is 0 Å². The third kappa shape index (κ3) is 1.63. The quantitative estimate of drug-likeness (QED) is 0.672. The van der Waals surface area contributed by atoms with Crippen molar-refractivity contribution in [3.63, 3.8) is 0 Å². The first kappa shape index (κ1) is 7.91. The van der Waals surface area contributed by atoms with Crippen LogP contribution >= 0.6 is 0 Å². The van der Waals surface area contributed by atoms with Gasteiger partial charge in [-0.05, 0) is 18.2 Å². The number of rotatable bonds is 1. The summed E-state index contributed by atoms with van der Waals surface area (Å²) >= 11 is 0. The van der Waals surface area contributed by atoms with E-state index in [4.69, 9.17) is 5.11 Å². The molecule has 1 aromatic carbocycles. The number of phenolic OH excluding ortho intramolecular Hbond substituents is 1. The summed E-state index contributed by atoms with van der Waals surface area (Å²) in [7, 11) is 0. The lowest BCUT2D eigenvalue weighted by Gasteiger charge is -1.99. The molecular formula is C7H5F3O. The second kappa shape index (κ2) is 2.82. The van der Waals surface area contributed by atoms with Gasteiger partial charge in [0.2, 0.25) is 0 Å². The van der Waals surface area contributed by atoms with Crippen LogP contribution in [-0.2, 0) is 0 Å². The van der Waals surface area contributed by atoms with Crippen LogP contribution in [0.25, 0.3) is 0 Å². The predicted molar refractivity (Wildman–Crippen MR) is 33.0 cm³/mol. The third-order valence-corrected chi connectivity index (χ3v) is 1.22. The molecule has 0 aliphatic heterocycles. The highest BCUT2D eigenvalue weighted by Crippen LogP contribution is 2.23. The van der Waals surface area contributed by atoms with Crippen molar-refractivity contribution in [2.24, 2.45) is 0 Å². The SMILES string of the molecule is Oc1ccc(C(F)F)cc1F. The topological polar surface area (TPSA) is 20.2 Å². The molecule has 0 amide bonds. The minimum atomic E-state index is -2.70. The van der Waals surface area contributed by atoms with Crippen molar-refractivity contribution in [2.75, 3.05) is 0 Å². The fraction of sp³-hybridized carbons (Fsp3) is 0.143. The van der Waals surface area contributed by atoms with Crippen LogP contribution in [0.15, 0.2) is 18.2 Å². The maximum atomic E-state index is 12.4. The Morgan fingerprint density at radius 1 is 1.27 bits per heavy atom. The van der Waals surface area contributed by atoms with Gasteiger partial charge in [0.1, 0.15) is 0 Å². The number of hydrogen-bond acceptors (Lipinski definition) is 1. The van der Waals surface area contributed by atoms with Crippen molar-refractivity contribution in [1.29, 1.82) is 0 Å². The molecule has 0 aromatic heterocycles. The molecule has 1 aromatic rings. The molecule has 4 heteroatoms. The number of hydrogen-bond donors (Lipinski definition) is 1. The summed E-state index contributed by atoms with van der Waals surface area (Å²) in [6.07, 6.45) is -2.70. The summed E-state index contributed by atoms with van der Waals surface area (Å²) in [6.45, 7) is 0. The molecule has 60 valence electrons. The second-order valence-electron chi connectivity index (χ2n) is 2.01. The number of benzene rings is 1. The zero-order valence-electron chi connectivity index (χ0n) is 5.39. The summed E-state index contributed by atoms with van der Waals surface area (Å²) in [6, 6.07) is 2.49. The highest BCUT2D eigenvalue weighted by atomic mass is 19.3. The van der Waals surface area contributed by atoms with E-state index in [0.717, 1.165) is 12.1 Å². The van der Waals surface area contributed by atoms with Gasteiger partial charge in [-0.15, -0.1) is 0 Å². The van der Waals surface area contributed by atoms with Crippen molar-refractivity contribution < 1.29 is 18.3 Å². The number of halogens is 3. The molecule has 0 spiro atoms. The van der Waals surface area contributed by atoms with E-state index in [1.54, 1.807) is 0 Å². The normalized spacial score (nSPS) is 10.5. The van der Waals surface area contributed by atoms with Gasteiger partial charge in [-0.3, -0.25) is 0 Å². The average molecular weight is 162 g/mol. The van der Waals surface area contributed by atoms with Gasteiger partial charge < -0.3 is 5.11 Å². The van der Waals surface area contributed by atoms with Gasteiger partial charge in [0.25, 0.3) is 6.43 Å². The second-order valence-corrected chi connectivity index (χ2v) is 2.01. The van der Waals surface area contributed by atoms with E-state index in [2.05, 4.69) is 0 Å². The minimum Gasteiger partial charge on any atom is -0.505 e. The maximum Gasteiger partial charge on any atom is 0.263 e. The largest absolute Gasteiger partial charge is 0.505 e. The molecule has 0 atom stereocenters. The van der Waals surface area contributed by atoms with Crippen LogP contribution in [0.4, 0.5) is 13.2 Å². The van der Waals surface area contributed by atoms with Crippen LogP contribution in [0, 0.1) is 5.82 Å². The highest BCUT2D eigenvalue weighted by Gasteiger charge is 2.09. The molecule has 0 fully saturated rings. The first-order valence-corrected chi connectivity index (χ1v) is 2.88. The molecule has 1 N–H and O–H groups in total. The lowest BCUT2D eigenvalue weighted by Crippen LogP contribution is -1.85. The zero-order valence-corrected chi connectivity index (χ0v) is 5.39. The lowest BCUT2D eigenvalue weighted by molar-refractivity contribution is 0.151. The molecule has 11 heavy (non-hydrogen) atoms. The lowest BCUT2D eigenvalue weighted by atomic mass is 10.2. The van der Waals surface area contributed by atoms with Gasteiger partial charge in [-0.25, -0.2) is 13.2 Å². The first-order valence-electron chi connectivity index (χ1n) is 2.88. The van der Waals surface area contributed by atoms with E-state index in [0.29, 0.717) is 6.07 Å². The van der Waals surface area contributed by atoms with Crippen molar-refractivity contribution >= 4 is 0 Å². The fourth-order valence-corrected chi connectivity index (χ4v) is 0.659. The summed E-state index contributed by atoms with van der Waals surface area (Å²) < 4.78 is 36.0. The van der Waals surface area contributed by atoms with Crippen LogP contribution in [0.5, 0.6) is 5.75 Å². The molecule has 0 bridgehead atoms. The Bertz CT molecular complexity index is 260. The molecule has 0 heterocycles. The monoisotopic (exact) mass is 162 g/mol. The molecule has 0 saturated carbocycles. The summed E-state index contributed by atoms with van der Waals surface area (Å²) in [5, 5.41) is 8.61. The molecule has 0 saturated heterocycles. The molecular weight excluding hydrogens is 157 g/mol. The van der Waals surface area contributed by atoms with E-state index in [1.165, 1.54) is 0 Å². The number of aromatic hydroxyl groups is 1. The van der Waals surface area contributed by atoms with Gasteiger partial charge in [-0.2, -0.15) is 0 Å². The predicted octanol–water partition coefficient (Wildman–Crippen LogP) is 2.47. The Kier molecular flexibility index (Phi) is 2.03. The van der Waals surface area contributed by atoms with E-state index >= 15 is 0 Å². The van der Waals surface area contributed by atoms with Gasteiger partial charge in [0.15, 0.2) is 11.6 Å². The smallest absolute Gasteiger partial charge is 0.263 e. The van der Waals surface area contributed by atoms with Crippen molar-refractivity contribution in [3.8, 4) is 5.75 Å². The van der Waals surface area contributed by atoms with Crippen molar-refractivity contribution in [2.45, 2.75) is 6.43 Å². The Morgan fingerprint density at radius 3 is 2.36 bits per heavy atom. The molecule has 1 rings (SSSR count). The molecule has 1 nitrogen and oxygen atoms in total. The standard InChI is InChI=1S/C7H5F3O/c8-5-3-4(7(9)10)1-2-6(5)11/h1-3,7,11H. The fourth-order valence-electron chi connectivity index (χ4n) is 0.659. The molecule has 0 aliphatic carbocycles. The van der Waals surface area contributed by atoms with Gasteiger partial charge in [0.05, 0.1) is 0 Å². The van der Waals surface area contributed by atoms with E-state index in [1.807, 2.05) is 0 Å². The van der Waals surface area contributed by atoms with Crippen LogP contribution < -0.4 is 0 Å². The molecule has 0 radical (unpaired) electrons.